The first-order valence-electron chi connectivity index (χ1n) is 4.65. The Hall–Kier alpha value is -1.44. The highest BCUT2D eigenvalue weighted by molar-refractivity contribution is 6.05. The van der Waals surface area contributed by atoms with E-state index in [2.05, 4.69) is 0 Å². The molecule has 0 spiro atoms. The van der Waals surface area contributed by atoms with E-state index in [1.165, 1.54) is 12.1 Å². The van der Waals surface area contributed by atoms with E-state index in [1.54, 1.807) is 25.1 Å². The molecule has 0 bridgehead atoms. The van der Waals surface area contributed by atoms with Gasteiger partial charge in [0.15, 0.2) is 5.78 Å². The molecule has 0 unspecified atom stereocenters. The summed E-state index contributed by atoms with van der Waals surface area (Å²) in [7, 11) is 0. The van der Waals surface area contributed by atoms with Crippen molar-refractivity contribution in [2.45, 2.75) is 20.3 Å². The third-order valence-electron chi connectivity index (χ3n) is 2.05. The first-order chi connectivity index (χ1) is 6.70. The Morgan fingerprint density at radius 3 is 2.86 bits per heavy atom. The fourth-order valence-electron chi connectivity index (χ4n) is 1.37. The molecule has 0 atom stereocenters. The Labute approximate surface area is 84.7 Å². The summed E-state index contributed by atoms with van der Waals surface area (Å²) in [6.07, 6.45) is 3.67. The van der Waals surface area contributed by atoms with Crippen LogP contribution in [-0.4, -0.2) is 5.78 Å². The molecule has 0 saturated heterocycles. The molecule has 0 N–H and O–H groups in total. The molecule has 0 saturated carbocycles. The topological polar surface area (TPSA) is 17.1 Å². The van der Waals surface area contributed by atoms with Crippen molar-refractivity contribution in [3.63, 3.8) is 0 Å². The highest BCUT2D eigenvalue weighted by atomic mass is 19.1. The van der Waals surface area contributed by atoms with E-state index in [-0.39, 0.29) is 12.8 Å². The maximum atomic E-state index is 13.4. The van der Waals surface area contributed by atoms with Crippen LogP contribution in [0.1, 0.15) is 31.2 Å². The molecule has 1 aromatic carbocycles. The highest BCUT2D eigenvalue weighted by Gasteiger charge is 2.12. The molecule has 0 radical (unpaired) electrons. The van der Waals surface area contributed by atoms with E-state index in [1.807, 2.05) is 6.92 Å². The summed E-state index contributed by atoms with van der Waals surface area (Å²) in [6.45, 7) is 3.64. The van der Waals surface area contributed by atoms with Crippen LogP contribution >= 0.6 is 0 Å². The van der Waals surface area contributed by atoms with Gasteiger partial charge >= 0.3 is 0 Å². The lowest BCUT2D eigenvalue weighted by Crippen LogP contribution is -2.03. The minimum Gasteiger partial charge on any atom is -0.289 e. The fraction of sp³-hybridized carbons (Fsp3) is 0.250. The van der Waals surface area contributed by atoms with Crippen molar-refractivity contribution in [3.05, 3.63) is 47.3 Å². The van der Waals surface area contributed by atoms with E-state index in [9.17, 15) is 9.18 Å². The number of rotatable bonds is 3. The van der Waals surface area contributed by atoms with Crippen LogP contribution in [0.5, 0.6) is 0 Å². The SMILES string of the molecule is C/C=C/C(=O)c1c(F)cccc1CC.[HH]. The standard InChI is InChI=1S/C12H13FO.H2/c1-3-6-11(14)12-9(4-2)7-5-8-10(12)13;/h3,5-8H,4H2,1-2H3;1H/b6-3+;. The Morgan fingerprint density at radius 2 is 2.29 bits per heavy atom. The van der Waals surface area contributed by atoms with Crippen LogP contribution in [0.3, 0.4) is 0 Å². The smallest absolute Gasteiger partial charge is 0.188 e. The van der Waals surface area contributed by atoms with Crippen LogP contribution < -0.4 is 0 Å². The minimum atomic E-state index is -0.438. The van der Waals surface area contributed by atoms with Crippen LogP contribution in [0.2, 0.25) is 0 Å². The molecule has 0 fully saturated rings. The first kappa shape index (κ1) is 10.6. The molecule has 0 aliphatic carbocycles. The fourth-order valence-corrected chi connectivity index (χ4v) is 1.37. The van der Waals surface area contributed by atoms with E-state index < -0.39 is 5.82 Å². The zero-order valence-electron chi connectivity index (χ0n) is 8.38. The van der Waals surface area contributed by atoms with Gasteiger partial charge in [-0.1, -0.05) is 25.1 Å². The number of hydrogen-bond donors (Lipinski definition) is 0. The lowest BCUT2D eigenvalue weighted by Gasteiger charge is -2.04. The Kier molecular flexibility index (Phi) is 3.57. The summed E-state index contributed by atoms with van der Waals surface area (Å²) >= 11 is 0. The van der Waals surface area contributed by atoms with Gasteiger partial charge in [-0.05, 0) is 31.1 Å². The number of benzene rings is 1. The van der Waals surface area contributed by atoms with E-state index >= 15 is 0 Å². The van der Waals surface area contributed by atoms with Gasteiger partial charge in [-0.25, -0.2) is 4.39 Å². The van der Waals surface area contributed by atoms with Gasteiger partial charge in [0.2, 0.25) is 0 Å². The van der Waals surface area contributed by atoms with Crippen molar-refractivity contribution >= 4 is 5.78 Å². The summed E-state index contributed by atoms with van der Waals surface area (Å²) in [5.74, 6) is -0.699. The number of aryl methyl sites for hydroxylation is 1. The summed E-state index contributed by atoms with van der Waals surface area (Å²) in [4.78, 5) is 11.5. The molecule has 0 heterocycles. The Bertz CT molecular complexity index is 372. The molecule has 2 heteroatoms. The quantitative estimate of drug-likeness (QED) is 0.532. The second-order valence-electron chi connectivity index (χ2n) is 2.99. The Morgan fingerprint density at radius 1 is 1.57 bits per heavy atom. The van der Waals surface area contributed by atoms with Crippen molar-refractivity contribution in [2.24, 2.45) is 0 Å². The van der Waals surface area contributed by atoms with Crippen LogP contribution in [0.25, 0.3) is 0 Å². The largest absolute Gasteiger partial charge is 0.289 e. The molecule has 0 aliphatic heterocycles. The number of carbonyl (C=O) groups is 1. The van der Waals surface area contributed by atoms with Crippen LogP contribution in [0, 0.1) is 5.82 Å². The molecule has 1 nitrogen and oxygen atoms in total. The third-order valence-corrected chi connectivity index (χ3v) is 2.05. The number of carbonyl (C=O) groups excluding carboxylic acids is 1. The summed E-state index contributed by atoms with van der Waals surface area (Å²) in [5.41, 5.74) is 0.959. The normalized spacial score (nSPS) is 10.8. The third kappa shape index (κ3) is 2.08. The summed E-state index contributed by atoms with van der Waals surface area (Å²) < 4.78 is 13.4. The first-order valence-corrected chi connectivity index (χ1v) is 4.65. The van der Waals surface area contributed by atoms with Crippen LogP contribution in [0.4, 0.5) is 4.39 Å². The molecule has 0 aromatic heterocycles. The molecule has 1 aromatic rings. The van der Waals surface area contributed by atoms with Gasteiger partial charge in [-0.15, -0.1) is 0 Å². The second-order valence-corrected chi connectivity index (χ2v) is 2.99. The number of halogens is 1. The second kappa shape index (κ2) is 4.70. The van der Waals surface area contributed by atoms with E-state index in [4.69, 9.17) is 0 Å². The summed E-state index contributed by atoms with van der Waals surface area (Å²) in [6, 6.07) is 4.72. The predicted molar refractivity (Wildman–Crippen MR) is 57.0 cm³/mol. The van der Waals surface area contributed by atoms with Crippen LogP contribution in [0.15, 0.2) is 30.4 Å². The van der Waals surface area contributed by atoms with Gasteiger partial charge in [0.25, 0.3) is 0 Å². The molecule has 14 heavy (non-hydrogen) atoms. The molecule has 0 aliphatic rings. The lowest BCUT2D eigenvalue weighted by molar-refractivity contribution is 0.104. The summed E-state index contributed by atoms with van der Waals surface area (Å²) in [5, 5.41) is 0. The molecule has 1 rings (SSSR count). The zero-order chi connectivity index (χ0) is 10.6. The number of hydrogen-bond acceptors (Lipinski definition) is 1. The van der Waals surface area contributed by atoms with Crippen molar-refractivity contribution in [1.82, 2.24) is 0 Å². The van der Waals surface area contributed by atoms with Gasteiger partial charge in [0.05, 0.1) is 5.56 Å². The molecular formula is C12H15FO. The molecule has 76 valence electrons. The van der Waals surface area contributed by atoms with Crippen molar-refractivity contribution < 1.29 is 10.6 Å². The van der Waals surface area contributed by atoms with Gasteiger partial charge in [-0.2, -0.15) is 0 Å². The van der Waals surface area contributed by atoms with Crippen molar-refractivity contribution in [3.8, 4) is 0 Å². The molecule has 0 amide bonds. The number of allylic oxidation sites excluding steroid dienone is 2. The van der Waals surface area contributed by atoms with E-state index in [0.717, 1.165) is 5.56 Å². The predicted octanol–water partition coefficient (Wildman–Crippen LogP) is 3.39. The maximum Gasteiger partial charge on any atom is 0.188 e. The van der Waals surface area contributed by atoms with Gasteiger partial charge < -0.3 is 0 Å². The number of ketones is 1. The monoisotopic (exact) mass is 194 g/mol. The van der Waals surface area contributed by atoms with Crippen LogP contribution in [-0.2, 0) is 6.42 Å². The lowest BCUT2D eigenvalue weighted by atomic mass is 10.0. The Balaban J connectivity index is 0.00000196. The average molecular weight is 194 g/mol. The average Bonchev–Trinajstić information content (AvgIpc) is 2.17. The van der Waals surface area contributed by atoms with Gasteiger partial charge in [-0.3, -0.25) is 4.79 Å². The molecular weight excluding hydrogens is 179 g/mol. The van der Waals surface area contributed by atoms with E-state index in [0.29, 0.717) is 6.42 Å². The maximum absolute atomic E-state index is 13.4. The van der Waals surface area contributed by atoms with Crippen molar-refractivity contribution in [2.75, 3.05) is 0 Å². The van der Waals surface area contributed by atoms with Crippen molar-refractivity contribution in [1.29, 1.82) is 0 Å². The van der Waals surface area contributed by atoms with Gasteiger partial charge in [0, 0.05) is 1.43 Å². The van der Waals surface area contributed by atoms with Gasteiger partial charge in [0.1, 0.15) is 5.82 Å². The zero-order valence-corrected chi connectivity index (χ0v) is 8.38. The highest BCUT2D eigenvalue weighted by Crippen LogP contribution is 2.15. The minimum absolute atomic E-state index is 0.